The van der Waals surface area contributed by atoms with Crippen molar-refractivity contribution in [2.24, 2.45) is 11.7 Å². The van der Waals surface area contributed by atoms with E-state index in [-0.39, 0.29) is 18.6 Å². The molecule has 2 aromatic rings. The average Bonchev–Trinajstić information content (AvgIpc) is 3.09. The van der Waals surface area contributed by atoms with Crippen LogP contribution < -0.4 is 20.1 Å². The van der Waals surface area contributed by atoms with Crippen molar-refractivity contribution in [3.05, 3.63) is 30.5 Å². The average molecular weight is 326 g/mol. The highest BCUT2D eigenvalue weighted by atomic mass is 16.7. The van der Waals surface area contributed by atoms with Crippen molar-refractivity contribution < 1.29 is 14.3 Å². The first-order chi connectivity index (χ1) is 11.7. The van der Waals surface area contributed by atoms with Crippen LogP contribution in [0.25, 0.3) is 11.3 Å². The van der Waals surface area contributed by atoms with Crippen molar-refractivity contribution in [3.8, 4) is 22.8 Å². The molecule has 1 aromatic carbocycles. The molecule has 0 radical (unpaired) electrons. The van der Waals surface area contributed by atoms with E-state index in [4.69, 9.17) is 15.2 Å². The lowest BCUT2D eigenvalue weighted by Crippen LogP contribution is -2.41. The lowest BCUT2D eigenvalue weighted by Gasteiger charge is -2.31. The van der Waals surface area contributed by atoms with Crippen LogP contribution >= 0.6 is 0 Å². The molecular formula is C17H18N4O3. The zero-order valence-electron chi connectivity index (χ0n) is 13.1. The van der Waals surface area contributed by atoms with Crippen LogP contribution in [-0.4, -0.2) is 35.8 Å². The van der Waals surface area contributed by atoms with E-state index in [1.54, 1.807) is 6.20 Å². The topological polar surface area (TPSA) is 90.6 Å². The molecule has 0 aliphatic carbocycles. The Labute approximate surface area is 139 Å². The number of hydrogen-bond acceptors (Lipinski definition) is 6. The van der Waals surface area contributed by atoms with Crippen LogP contribution in [0.2, 0.25) is 0 Å². The van der Waals surface area contributed by atoms with Gasteiger partial charge < -0.3 is 20.1 Å². The van der Waals surface area contributed by atoms with Crippen molar-refractivity contribution >= 4 is 11.9 Å². The number of ether oxygens (including phenoxy) is 2. The van der Waals surface area contributed by atoms with Gasteiger partial charge in [0.2, 0.25) is 18.6 Å². The SMILES string of the molecule is NC(=O)C1CCCN(c2nccc(-c3ccc4c(c3)OCO4)n2)C1. The van der Waals surface area contributed by atoms with E-state index in [1.165, 1.54) is 0 Å². The number of amides is 1. The normalized spacial score (nSPS) is 19.3. The van der Waals surface area contributed by atoms with E-state index in [9.17, 15) is 4.79 Å². The van der Waals surface area contributed by atoms with E-state index in [2.05, 4.69) is 9.97 Å². The molecule has 7 heteroatoms. The van der Waals surface area contributed by atoms with Crippen molar-refractivity contribution in [1.82, 2.24) is 9.97 Å². The van der Waals surface area contributed by atoms with Crippen molar-refractivity contribution in [1.29, 1.82) is 0 Å². The van der Waals surface area contributed by atoms with Gasteiger partial charge >= 0.3 is 0 Å². The number of aromatic nitrogens is 2. The van der Waals surface area contributed by atoms with Gasteiger partial charge in [0.25, 0.3) is 0 Å². The highest BCUT2D eigenvalue weighted by Gasteiger charge is 2.25. The first kappa shape index (κ1) is 14.7. The maximum atomic E-state index is 11.5. The van der Waals surface area contributed by atoms with Crippen LogP contribution in [0, 0.1) is 5.92 Å². The molecule has 2 aliphatic heterocycles. The predicted molar refractivity (Wildman–Crippen MR) is 87.7 cm³/mol. The highest BCUT2D eigenvalue weighted by molar-refractivity contribution is 5.77. The summed E-state index contributed by atoms with van der Waals surface area (Å²) >= 11 is 0. The molecule has 0 bridgehead atoms. The molecule has 124 valence electrons. The molecule has 3 heterocycles. The third kappa shape index (κ3) is 2.73. The fourth-order valence-corrected chi connectivity index (χ4v) is 3.11. The van der Waals surface area contributed by atoms with Gasteiger partial charge in [-0.05, 0) is 37.1 Å². The van der Waals surface area contributed by atoms with Gasteiger partial charge in [0.15, 0.2) is 11.5 Å². The molecule has 7 nitrogen and oxygen atoms in total. The van der Waals surface area contributed by atoms with Gasteiger partial charge in [-0.15, -0.1) is 0 Å². The fraction of sp³-hybridized carbons (Fsp3) is 0.353. The summed E-state index contributed by atoms with van der Waals surface area (Å²) < 4.78 is 10.8. The number of fused-ring (bicyclic) bond motifs is 1. The Bertz CT molecular complexity index is 780. The Hall–Kier alpha value is -2.83. The summed E-state index contributed by atoms with van der Waals surface area (Å²) in [5.41, 5.74) is 7.19. The summed E-state index contributed by atoms with van der Waals surface area (Å²) in [6.45, 7) is 1.64. The van der Waals surface area contributed by atoms with E-state index in [0.717, 1.165) is 42.1 Å². The Morgan fingerprint density at radius 3 is 3.00 bits per heavy atom. The van der Waals surface area contributed by atoms with Gasteiger partial charge in [0.05, 0.1) is 11.6 Å². The number of anilines is 1. The Morgan fingerprint density at radius 2 is 2.12 bits per heavy atom. The maximum absolute atomic E-state index is 11.5. The van der Waals surface area contributed by atoms with E-state index in [0.29, 0.717) is 12.5 Å². The predicted octanol–water partition coefficient (Wildman–Crippen LogP) is 1.57. The number of piperidine rings is 1. The number of rotatable bonds is 3. The Morgan fingerprint density at radius 1 is 1.25 bits per heavy atom. The molecule has 1 unspecified atom stereocenters. The van der Waals surface area contributed by atoms with Gasteiger partial charge in [-0.1, -0.05) is 0 Å². The second-order valence-corrected chi connectivity index (χ2v) is 6.00. The summed E-state index contributed by atoms with van der Waals surface area (Å²) in [5, 5.41) is 0. The van der Waals surface area contributed by atoms with Crippen LogP contribution in [0.1, 0.15) is 12.8 Å². The molecule has 1 saturated heterocycles. The monoisotopic (exact) mass is 326 g/mol. The van der Waals surface area contributed by atoms with Gasteiger partial charge in [0, 0.05) is 24.8 Å². The number of nitrogens with zero attached hydrogens (tertiary/aromatic N) is 3. The lowest BCUT2D eigenvalue weighted by molar-refractivity contribution is -0.122. The van der Waals surface area contributed by atoms with Crippen LogP contribution in [0.5, 0.6) is 11.5 Å². The Kier molecular flexibility index (Phi) is 3.68. The number of primary amides is 1. The molecule has 4 rings (SSSR count). The van der Waals surface area contributed by atoms with E-state index < -0.39 is 0 Å². The smallest absolute Gasteiger partial charge is 0.231 e. The second kappa shape index (κ2) is 5.99. The molecule has 24 heavy (non-hydrogen) atoms. The van der Waals surface area contributed by atoms with Gasteiger partial charge in [-0.2, -0.15) is 0 Å². The molecule has 0 spiro atoms. The quantitative estimate of drug-likeness (QED) is 0.921. The first-order valence-electron chi connectivity index (χ1n) is 7.98. The molecule has 1 aromatic heterocycles. The van der Waals surface area contributed by atoms with Gasteiger partial charge in [-0.3, -0.25) is 4.79 Å². The fourth-order valence-electron chi connectivity index (χ4n) is 3.11. The largest absolute Gasteiger partial charge is 0.454 e. The summed E-state index contributed by atoms with van der Waals surface area (Å²) in [4.78, 5) is 22.5. The number of carbonyl (C=O) groups is 1. The summed E-state index contributed by atoms with van der Waals surface area (Å²) in [5.74, 6) is 1.69. The minimum absolute atomic E-state index is 0.142. The third-order valence-corrected chi connectivity index (χ3v) is 4.42. The van der Waals surface area contributed by atoms with Crippen molar-refractivity contribution in [3.63, 3.8) is 0 Å². The molecular weight excluding hydrogens is 308 g/mol. The van der Waals surface area contributed by atoms with E-state index in [1.807, 2.05) is 29.2 Å². The number of carbonyl (C=O) groups excluding carboxylic acids is 1. The first-order valence-corrected chi connectivity index (χ1v) is 7.98. The van der Waals surface area contributed by atoms with Gasteiger partial charge in [0.1, 0.15) is 0 Å². The zero-order chi connectivity index (χ0) is 16.5. The second-order valence-electron chi connectivity index (χ2n) is 6.00. The van der Waals surface area contributed by atoms with E-state index >= 15 is 0 Å². The zero-order valence-corrected chi connectivity index (χ0v) is 13.1. The molecule has 1 amide bonds. The van der Waals surface area contributed by atoms with Crippen LogP contribution in [0.3, 0.4) is 0 Å². The minimum atomic E-state index is -0.258. The summed E-state index contributed by atoms with van der Waals surface area (Å²) in [7, 11) is 0. The highest BCUT2D eigenvalue weighted by Crippen LogP contribution is 2.35. The number of benzene rings is 1. The molecule has 1 fully saturated rings. The van der Waals surface area contributed by atoms with Crippen molar-refractivity contribution in [2.45, 2.75) is 12.8 Å². The standard InChI is InChI=1S/C17H18N4O3/c18-16(22)12-2-1-7-21(9-12)17-19-6-5-13(20-17)11-3-4-14-15(8-11)24-10-23-14/h3-6,8,12H,1-2,7,9-10H2,(H2,18,22). The number of hydrogen-bond donors (Lipinski definition) is 1. The molecule has 2 N–H and O–H groups in total. The minimum Gasteiger partial charge on any atom is -0.454 e. The molecule has 2 aliphatic rings. The van der Waals surface area contributed by atoms with Crippen LogP contribution in [0.15, 0.2) is 30.5 Å². The molecule has 0 saturated carbocycles. The third-order valence-electron chi connectivity index (χ3n) is 4.42. The maximum Gasteiger partial charge on any atom is 0.231 e. The van der Waals surface area contributed by atoms with Gasteiger partial charge in [-0.25, -0.2) is 9.97 Å². The summed E-state index contributed by atoms with van der Waals surface area (Å²) in [6, 6.07) is 7.60. The summed E-state index contributed by atoms with van der Waals surface area (Å²) in [6.07, 6.45) is 3.47. The van der Waals surface area contributed by atoms with Crippen molar-refractivity contribution in [2.75, 3.05) is 24.8 Å². The van der Waals surface area contributed by atoms with Crippen LogP contribution in [-0.2, 0) is 4.79 Å². The lowest BCUT2D eigenvalue weighted by atomic mass is 9.98. The van der Waals surface area contributed by atoms with Crippen LogP contribution in [0.4, 0.5) is 5.95 Å². The molecule has 1 atom stereocenters. The Balaban J connectivity index is 1.61. The number of nitrogens with two attached hydrogens (primary N) is 1.